The molecule has 6 nitrogen and oxygen atoms in total. The Morgan fingerprint density at radius 1 is 1.12 bits per heavy atom. The van der Waals surface area contributed by atoms with E-state index in [1.165, 1.54) is 0 Å². The van der Waals surface area contributed by atoms with Gasteiger partial charge in [-0.15, -0.1) is 0 Å². The summed E-state index contributed by atoms with van der Waals surface area (Å²) < 4.78 is 1.84. The summed E-state index contributed by atoms with van der Waals surface area (Å²) >= 11 is 0. The van der Waals surface area contributed by atoms with Crippen LogP contribution in [0, 0.1) is 0 Å². The summed E-state index contributed by atoms with van der Waals surface area (Å²) in [6.07, 6.45) is 6.07. The number of benzene rings is 1. The van der Waals surface area contributed by atoms with Crippen LogP contribution in [0.2, 0.25) is 0 Å². The van der Waals surface area contributed by atoms with E-state index in [4.69, 9.17) is 0 Å². The van der Waals surface area contributed by atoms with E-state index in [9.17, 15) is 4.79 Å². The van der Waals surface area contributed by atoms with Gasteiger partial charge < -0.3 is 10.2 Å². The monoisotopic (exact) mass is 335 g/mol. The van der Waals surface area contributed by atoms with Crippen LogP contribution in [0.1, 0.15) is 11.3 Å². The summed E-state index contributed by atoms with van der Waals surface area (Å²) in [5.41, 5.74) is 3.02. The molecule has 0 fully saturated rings. The van der Waals surface area contributed by atoms with Crippen LogP contribution in [-0.2, 0) is 13.0 Å². The predicted octanol–water partition coefficient (Wildman–Crippen LogP) is 2.65. The summed E-state index contributed by atoms with van der Waals surface area (Å²) in [5, 5.41) is 7.46. The van der Waals surface area contributed by atoms with Gasteiger partial charge in [-0.25, -0.2) is 9.48 Å². The van der Waals surface area contributed by atoms with Crippen LogP contribution < -0.4 is 5.32 Å². The van der Waals surface area contributed by atoms with Gasteiger partial charge in [0.25, 0.3) is 0 Å². The number of aromatic nitrogens is 3. The van der Waals surface area contributed by atoms with E-state index < -0.39 is 0 Å². The third-order valence-corrected chi connectivity index (χ3v) is 3.84. The zero-order valence-corrected chi connectivity index (χ0v) is 14.2. The van der Waals surface area contributed by atoms with E-state index in [0.717, 1.165) is 16.9 Å². The average molecular weight is 335 g/mol. The maximum Gasteiger partial charge on any atom is 0.317 e. The molecule has 0 spiro atoms. The molecule has 0 saturated carbocycles. The minimum absolute atomic E-state index is 0.0979. The van der Waals surface area contributed by atoms with Gasteiger partial charge in [-0.05, 0) is 35.9 Å². The molecule has 3 aromatic rings. The Kier molecular flexibility index (Phi) is 5.41. The molecular weight excluding hydrogens is 314 g/mol. The first-order valence-corrected chi connectivity index (χ1v) is 8.20. The van der Waals surface area contributed by atoms with Gasteiger partial charge in [0.2, 0.25) is 0 Å². The SMILES string of the molecule is CN(Cc1ccncc1)C(=O)NCCc1ccn(-c2ccccc2)n1. The van der Waals surface area contributed by atoms with Crippen molar-refractivity contribution < 1.29 is 4.79 Å². The molecule has 0 aliphatic rings. The molecule has 0 saturated heterocycles. The van der Waals surface area contributed by atoms with E-state index in [2.05, 4.69) is 15.4 Å². The van der Waals surface area contributed by atoms with Gasteiger partial charge >= 0.3 is 6.03 Å². The van der Waals surface area contributed by atoms with Crippen LogP contribution in [-0.4, -0.2) is 39.3 Å². The second-order valence-electron chi connectivity index (χ2n) is 5.78. The number of hydrogen-bond acceptors (Lipinski definition) is 3. The lowest BCUT2D eigenvalue weighted by atomic mass is 10.2. The Morgan fingerprint density at radius 3 is 2.64 bits per heavy atom. The lowest BCUT2D eigenvalue weighted by Crippen LogP contribution is -2.37. The quantitative estimate of drug-likeness (QED) is 0.753. The molecule has 0 atom stereocenters. The molecule has 128 valence electrons. The molecule has 2 heterocycles. The highest BCUT2D eigenvalue weighted by Gasteiger charge is 2.09. The number of nitrogens with one attached hydrogen (secondary N) is 1. The van der Waals surface area contributed by atoms with Crippen molar-refractivity contribution in [3.05, 3.63) is 78.4 Å². The largest absolute Gasteiger partial charge is 0.338 e. The van der Waals surface area contributed by atoms with E-state index in [0.29, 0.717) is 19.5 Å². The minimum Gasteiger partial charge on any atom is -0.338 e. The summed E-state index contributed by atoms with van der Waals surface area (Å²) in [5.74, 6) is 0. The molecule has 3 rings (SSSR count). The van der Waals surface area contributed by atoms with Gasteiger partial charge in [0.05, 0.1) is 11.4 Å². The van der Waals surface area contributed by atoms with Crippen molar-refractivity contribution in [1.82, 2.24) is 25.0 Å². The maximum atomic E-state index is 12.1. The van der Waals surface area contributed by atoms with E-state index >= 15 is 0 Å². The van der Waals surface area contributed by atoms with Crippen molar-refractivity contribution in [2.45, 2.75) is 13.0 Å². The highest BCUT2D eigenvalue weighted by atomic mass is 16.2. The fraction of sp³-hybridized carbons (Fsp3) is 0.211. The number of urea groups is 1. The van der Waals surface area contributed by atoms with Gasteiger partial charge in [-0.3, -0.25) is 4.98 Å². The number of nitrogens with zero attached hydrogens (tertiary/aromatic N) is 4. The number of pyridine rings is 1. The Hall–Kier alpha value is -3.15. The highest BCUT2D eigenvalue weighted by molar-refractivity contribution is 5.73. The van der Waals surface area contributed by atoms with E-state index in [1.807, 2.05) is 59.4 Å². The second-order valence-corrected chi connectivity index (χ2v) is 5.78. The smallest absolute Gasteiger partial charge is 0.317 e. The number of carbonyl (C=O) groups excluding carboxylic acids is 1. The van der Waals surface area contributed by atoms with Crippen molar-refractivity contribution in [2.24, 2.45) is 0 Å². The Labute approximate surface area is 147 Å². The predicted molar refractivity (Wildman–Crippen MR) is 96.4 cm³/mol. The summed E-state index contributed by atoms with van der Waals surface area (Å²) in [6.45, 7) is 1.10. The van der Waals surface area contributed by atoms with E-state index in [1.54, 1.807) is 24.3 Å². The third kappa shape index (κ3) is 4.67. The van der Waals surface area contributed by atoms with Crippen LogP contribution in [0.4, 0.5) is 4.79 Å². The maximum absolute atomic E-state index is 12.1. The van der Waals surface area contributed by atoms with Crippen molar-refractivity contribution >= 4 is 6.03 Å². The van der Waals surface area contributed by atoms with Crippen LogP contribution in [0.5, 0.6) is 0 Å². The topological polar surface area (TPSA) is 63.1 Å². The number of hydrogen-bond donors (Lipinski definition) is 1. The molecule has 2 aromatic heterocycles. The lowest BCUT2D eigenvalue weighted by molar-refractivity contribution is 0.207. The number of rotatable bonds is 6. The van der Waals surface area contributed by atoms with Gasteiger partial charge in [0, 0.05) is 45.1 Å². The standard InChI is InChI=1S/C19H21N5O/c1-23(15-16-7-11-20-12-8-16)19(25)21-13-9-17-10-14-24(22-17)18-5-3-2-4-6-18/h2-8,10-12,14H,9,13,15H2,1H3,(H,21,25). The lowest BCUT2D eigenvalue weighted by Gasteiger charge is -2.17. The second kappa shape index (κ2) is 8.10. The molecule has 0 bridgehead atoms. The first-order valence-electron chi connectivity index (χ1n) is 8.20. The molecule has 1 aromatic carbocycles. The van der Waals surface area contributed by atoms with Gasteiger partial charge in [0.1, 0.15) is 0 Å². The van der Waals surface area contributed by atoms with Crippen molar-refractivity contribution in [1.29, 1.82) is 0 Å². The molecular formula is C19H21N5O. The van der Waals surface area contributed by atoms with Crippen LogP contribution in [0.15, 0.2) is 67.1 Å². The Morgan fingerprint density at radius 2 is 1.88 bits per heavy atom. The van der Waals surface area contributed by atoms with Gasteiger partial charge in [0.15, 0.2) is 0 Å². The van der Waals surface area contributed by atoms with Crippen LogP contribution in [0.25, 0.3) is 5.69 Å². The highest BCUT2D eigenvalue weighted by Crippen LogP contribution is 2.07. The Bertz CT molecular complexity index is 801. The molecule has 0 radical (unpaired) electrons. The molecule has 0 aliphatic carbocycles. The molecule has 25 heavy (non-hydrogen) atoms. The normalized spacial score (nSPS) is 10.4. The van der Waals surface area contributed by atoms with Crippen LogP contribution >= 0.6 is 0 Å². The fourth-order valence-electron chi connectivity index (χ4n) is 2.49. The first kappa shape index (κ1) is 16.7. The van der Waals surface area contributed by atoms with Crippen molar-refractivity contribution in [3.63, 3.8) is 0 Å². The molecule has 2 amide bonds. The average Bonchev–Trinajstić information content (AvgIpc) is 3.12. The zero-order valence-electron chi connectivity index (χ0n) is 14.2. The van der Waals surface area contributed by atoms with Gasteiger partial charge in [-0.2, -0.15) is 5.10 Å². The number of carbonyl (C=O) groups is 1. The number of para-hydroxylation sites is 1. The molecule has 1 N–H and O–H groups in total. The zero-order chi connectivity index (χ0) is 17.5. The molecule has 6 heteroatoms. The summed E-state index contributed by atoms with van der Waals surface area (Å²) in [6, 6.07) is 15.6. The fourth-order valence-corrected chi connectivity index (χ4v) is 2.49. The van der Waals surface area contributed by atoms with Crippen LogP contribution in [0.3, 0.4) is 0 Å². The Balaban J connectivity index is 1.46. The van der Waals surface area contributed by atoms with Crippen molar-refractivity contribution in [3.8, 4) is 5.69 Å². The first-order chi connectivity index (χ1) is 12.2. The van der Waals surface area contributed by atoms with Gasteiger partial charge in [-0.1, -0.05) is 18.2 Å². The molecule has 0 aliphatic heterocycles. The minimum atomic E-state index is -0.0979. The third-order valence-electron chi connectivity index (χ3n) is 3.84. The van der Waals surface area contributed by atoms with Crippen molar-refractivity contribution in [2.75, 3.05) is 13.6 Å². The molecule has 0 unspecified atom stereocenters. The summed E-state index contributed by atoms with van der Waals surface area (Å²) in [4.78, 5) is 17.8. The van der Waals surface area contributed by atoms with E-state index in [-0.39, 0.29) is 6.03 Å². The summed E-state index contributed by atoms with van der Waals surface area (Å²) in [7, 11) is 1.78. The number of amides is 2.